The van der Waals surface area contributed by atoms with Crippen LogP contribution in [0.3, 0.4) is 0 Å². The highest BCUT2D eigenvalue weighted by molar-refractivity contribution is 5.69. The molecule has 3 rings (SSSR count). The molecule has 0 saturated carbocycles. The number of fused-ring (bicyclic) bond motifs is 1. The van der Waals surface area contributed by atoms with Gasteiger partial charge in [-0.3, -0.25) is 9.36 Å². The van der Waals surface area contributed by atoms with Crippen LogP contribution >= 0.6 is 0 Å². The molecule has 0 spiro atoms. The lowest BCUT2D eigenvalue weighted by Crippen LogP contribution is -2.20. The largest absolute Gasteiger partial charge is 0.318 e. The molecular weight excluding hydrogens is 235 g/mol. The van der Waals surface area contributed by atoms with E-state index in [1.54, 1.807) is 23.7 Å². The van der Waals surface area contributed by atoms with Gasteiger partial charge in [0.1, 0.15) is 12.1 Å². The molecule has 6 heteroatoms. The van der Waals surface area contributed by atoms with Gasteiger partial charge in [-0.15, -0.1) is 0 Å². The van der Waals surface area contributed by atoms with Crippen LogP contribution < -0.4 is 5.56 Å². The third-order valence-corrected chi connectivity index (χ3v) is 2.73. The van der Waals surface area contributed by atoms with Crippen molar-refractivity contribution in [3.05, 3.63) is 53.1 Å². The van der Waals surface area contributed by atoms with Gasteiger partial charge in [0, 0.05) is 7.05 Å². The first kappa shape index (κ1) is 10.6. The average Bonchev–Trinajstić information content (AvgIpc) is 2.74. The molecule has 3 aromatic rings. The number of para-hydroxylation sites is 1. The predicted octanol–water partition coefficient (Wildman–Crippen LogP) is 1.26. The van der Waals surface area contributed by atoms with Gasteiger partial charge in [0.25, 0.3) is 5.56 Å². The van der Waals surface area contributed by atoms with E-state index in [0.29, 0.717) is 5.65 Å². The summed E-state index contributed by atoms with van der Waals surface area (Å²) in [6, 6.07) is 6.04. The van der Waals surface area contributed by atoms with Crippen molar-refractivity contribution in [2.75, 3.05) is 0 Å². The summed E-state index contributed by atoms with van der Waals surface area (Å²) in [6.07, 6.45) is 2.81. The molecule has 18 heavy (non-hydrogen) atoms. The second-order valence-electron chi connectivity index (χ2n) is 3.90. The maximum atomic E-state index is 13.6. The molecule has 90 valence electrons. The number of hydrogen-bond acceptors (Lipinski definition) is 3. The zero-order chi connectivity index (χ0) is 12.7. The van der Waals surface area contributed by atoms with Crippen molar-refractivity contribution >= 4 is 11.2 Å². The summed E-state index contributed by atoms with van der Waals surface area (Å²) < 4.78 is 16.4. The quantitative estimate of drug-likeness (QED) is 0.647. The zero-order valence-corrected chi connectivity index (χ0v) is 9.54. The van der Waals surface area contributed by atoms with Crippen molar-refractivity contribution in [2.45, 2.75) is 0 Å². The minimum atomic E-state index is -0.475. The molecule has 1 aromatic carbocycles. The molecule has 0 amide bonds. The number of halogens is 1. The molecular formula is C12H9FN4O. The smallest absolute Gasteiger partial charge is 0.286 e. The average molecular weight is 244 g/mol. The summed E-state index contributed by atoms with van der Waals surface area (Å²) in [4.78, 5) is 20.3. The Balaban J connectivity index is 2.35. The Morgan fingerprint density at radius 1 is 1.17 bits per heavy atom. The van der Waals surface area contributed by atoms with Crippen molar-refractivity contribution in [2.24, 2.45) is 7.05 Å². The number of hydrogen-bond donors (Lipinski definition) is 0. The van der Waals surface area contributed by atoms with Crippen LogP contribution in [-0.2, 0) is 7.05 Å². The molecule has 0 aliphatic heterocycles. The van der Waals surface area contributed by atoms with Gasteiger partial charge >= 0.3 is 0 Å². The van der Waals surface area contributed by atoms with E-state index in [2.05, 4.69) is 9.97 Å². The van der Waals surface area contributed by atoms with E-state index >= 15 is 0 Å². The summed E-state index contributed by atoms with van der Waals surface area (Å²) >= 11 is 0. The Morgan fingerprint density at radius 3 is 2.72 bits per heavy atom. The van der Waals surface area contributed by atoms with Crippen LogP contribution in [-0.4, -0.2) is 19.1 Å². The standard InChI is InChI=1S/C12H9FN4O/c1-16-6-14-10-11(16)15-7-17(12(10)18)9-5-3-2-4-8(9)13/h2-7H,1H3. The molecule has 0 atom stereocenters. The lowest BCUT2D eigenvalue weighted by Gasteiger charge is -2.05. The molecule has 0 unspecified atom stereocenters. The molecule has 5 nitrogen and oxygen atoms in total. The highest BCUT2D eigenvalue weighted by Gasteiger charge is 2.11. The first-order valence-corrected chi connectivity index (χ1v) is 5.32. The topological polar surface area (TPSA) is 52.7 Å². The van der Waals surface area contributed by atoms with Crippen molar-refractivity contribution in [3.8, 4) is 5.69 Å². The summed E-state index contributed by atoms with van der Waals surface area (Å²) in [5.74, 6) is -0.475. The van der Waals surface area contributed by atoms with Crippen molar-refractivity contribution in [3.63, 3.8) is 0 Å². The first-order valence-electron chi connectivity index (χ1n) is 5.32. The van der Waals surface area contributed by atoms with E-state index < -0.39 is 5.82 Å². The molecule has 0 fully saturated rings. The van der Waals surface area contributed by atoms with Gasteiger partial charge in [0.15, 0.2) is 11.2 Å². The van der Waals surface area contributed by atoms with Crippen LogP contribution in [0.5, 0.6) is 0 Å². The Labute approximate surface area is 101 Å². The van der Waals surface area contributed by atoms with Crippen molar-refractivity contribution in [1.29, 1.82) is 0 Å². The SMILES string of the molecule is Cn1cnc2c(=O)n(-c3ccccc3F)cnc21. The molecule has 0 N–H and O–H groups in total. The number of rotatable bonds is 1. The van der Waals surface area contributed by atoms with Crippen LogP contribution in [0.2, 0.25) is 0 Å². The number of benzene rings is 1. The van der Waals surface area contributed by atoms with E-state index in [1.165, 1.54) is 24.8 Å². The van der Waals surface area contributed by atoms with E-state index in [-0.39, 0.29) is 16.8 Å². The van der Waals surface area contributed by atoms with Crippen LogP contribution in [0.1, 0.15) is 0 Å². The fraction of sp³-hybridized carbons (Fsp3) is 0.0833. The fourth-order valence-electron chi connectivity index (χ4n) is 1.82. The molecule has 0 radical (unpaired) electrons. The van der Waals surface area contributed by atoms with Crippen molar-refractivity contribution < 1.29 is 4.39 Å². The van der Waals surface area contributed by atoms with Crippen LogP contribution in [0.15, 0.2) is 41.7 Å². The van der Waals surface area contributed by atoms with Gasteiger partial charge in [-0.05, 0) is 12.1 Å². The summed E-state index contributed by atoms with van der Waals surface area (Å²) in [7, 11) is 1.75. The second-order valence-corrected chi connectivity index (χ2v) is 3.90. The Kier molecular flexibility index (Phi) is 2.22. The number of nitrogens with zero attached hydrogens (tertiary/aromatic N) is 4. The second kappa shape index (κ2) is 3.76. The molecule has 0 aliphatic carbocycles. The first-order chi connectivity index (χ1) is 8.68. The summed E-state index contributed by atoms with van der Waals surface area (Å²) in [6.45, 7) is 0. The molecule has 2 heterocycles. The van der Waals surface area contributed by atoms with Crippen LogP contribution in [0, 0.1) is 5.82 Å². The highest BCUT2D eigenvalue weighted by Crippen LogP contribution is 2.11. The minimum absolute atomic E-state index is 0.169. The van der Waals surface area contributed by atoms with Gasteiger partial charge in [-0.1, -0.05) is 12.1 Å². The number of imidazole rings is 1. The third kappa shape index (κ3) is 1.42. The number of aryl methyl sites for hydroxylation is 1. The normalized spacial score (nSPS) is 11.0. The van der Waals surface area contributed by atoms with E-state index in [0.717, 1.165) is 4.57 Å². The Morgan fingerprint density at radius 2 is 1.94 bits per heavy atom. The third-order valence-electron chi connectivity index (χ3n) is 2.73. The maximum Gasteiger partial charge on any atom is 0.286 e. The monoisotopic (exact) mass is 244 g/mol. The Hall–Kier alpha value is -2.50. The summed E-state index contributed by atoms with van der Waals surface area (Å²) in [5, 5.41) is 0. The van der Waals surface area contributed by atoms with Crippen LogP contribution in [0.4, 0.5) is 4.39 Å². The van der Waals surface area contributed by atoms with E-state index in [4.69, 9.17) is 0 Å². The molecule has 0 aliphatic rings. The highest BCUT2D eigenvalue weighted by atomic mass is 19.1. The molecule has 0 saturated heterocycles. The van der Waals surface area contributed by atoms with Crippen molar-refractivity contribution in [1.82, 2.24) is 19.1 Å². The minimum Gasteiger partial charge on any atom is -0.318 e. The van der Waals surface area contributed by atoms with E-state index in [1.807, 2.05) is 0 Å². The van der Waals surface area contributed by atoms with E-state index in [9.17, 15) is 9.18 Å². The Bertz CT molecular complexity index is 790. The summed E-state index contributed by atoms with van der Waals surface area (Å²) in [5.41, 5.74) is 0.490. The van der Waals surface area contributed by atoms with Gasteiger partial charge in [-0.2, -0.15) is 0 Å². The lowest BCUT2D eigenvalue weighted by atomic mass is 10.3. The molecule has 0 bridgehead atoms. The predicted molar refractivity (Wildman–Crippen MR) is 64.1 cm³/mol. The van der Waals surface area contributed by atoms with Gasteiger partial charge in [-0.25, -0.2) is 14.4 Å². The molecule has 2 aromatic heterocycles. The van der Waals surface area contributed by atoms with Crippen LogP contribution in [0.25, 0.3) is 16.9 Å². The van der Waals surface area contributed by atoms with Gasteiger partial charge in [0.2, 0.25) is 0 Å². The maximum absolute atomic E-state index is 13.6. The van der Waals surface area contributed by atoms with Gasteiger partial charge < -0.3 is 4.57 Å². The van der Waals surface area contributed by atoms with Gasteiger partial charge in [0.05, 0.1) is 12.0 Å². The lowest BCUT2D eigenvalue weighted by molar-refractivity contribution is 0.615. The fourth-order valence-corrected chi connectivity index (χ4v) is 1.82. The number of aromatic nitrogens is 4. The zero-order valence-electron chi connectivity index (χ0n) is 9.54.